The number of rotatable bonds is 11. The van der Waals surface area contributed by atoms with E-state index in [9.17, 15) is 0 Å². The molecule has 0 saturated heterocycles. The van der Waals surface area contributed by atoms with E-state index >= 15 is 0 Å². The monoisotopic (exact) mass is 336 g/mol. The molecule has 0 fully saturated rings. The first-order valence-corrected chi connectivity index (χ1v) is 7.97. The molecule has 1 rings (SSSR count). The molecule has 106 valence electrons. The number of unbranched alkanes of at least 4 members (excludes halogenated alkanes) is 9. The number of benzene rings is 1. The maximum atomic E-state index is 2.28. The first-order chi connectivity index (χ1) is 8.93. The van der Waals surface area contributed by atoms with E-state index in [-0.39, 0.29) is 45.5 Å². The van der Waals surface area contributed by atoms with Crippen molar-refractivity contribution in [1.82, 2.24) is 0 Å². The quantitative estimate of drug-likeness (QED) is 0.383. The summed E-state index contributed by atoms with van der Waals surface area (Å²) in [6.07, 6.45) is 15.5. The number of aryl methyl sites for hydroxylation is 1. The molecule has 0 aliphatic heterocycles. The molecular formula is C18H32Sr. The van der Waals surface area contributed by atoms with Crippen molar-refractivity contribution in [2.75, 3.05) is 0 Å². The van der Waals surface area contributed by atoms with Gasteiger partial charge in [0.2, 0.25) is 0 Å². The second-order valence-electron chi connectivity index (χ2n) is 5.42. The Hall–Kier alpha value is 0.701. The molecule has 0 saturated carbocycles. The van der Waals surface area contributed by atoms with Crippen LogP contribution >= 0.6 is 0 Å². The fourth-order valence-electron chi connectivity index (χ4n) is 2.46. The van der Waals surface area contributed by atoms with Crippen LogP contribution in [0.15, 0.2) is 30.3 Å². The van der Waals surface area contributed by atoms with Gasteiger partial charge in [0.25, 0.3) is 0 Å². The predicted molar refractivity (Wildman–Crippen MR) is 90.5 cm³/mol. The summed E-state index contributed by atoms with van der Waals surface area (Å²) in [5.41, 5.74) is 1.50. The fraction of sp³-hybridized carbons (Fsp3) is 0.667. The Labute approximate surface area is 157 Å². The van der Waals surface area contributed by atoms with Crippen LogP contribution in [0.5, 0.6) is 0 Å². The predicted octanol–water partition coefficient (Wildman–Crippen LogP) is 5.23. The molecule has 0 unspecified atom stereocenters. The molecule has 0 atom stereocenters. The van der Waals surface area contributed by atoms with Gasteiger partial charge in [0.05, 0.1) is 0 Å². The van der Waals surface area contributed by atoms with Crippen LogP contribution in [0.25, 0.3) is 0 Å². The van der Waals surface area contributed by atoms with Crippen molar-refractivity contribution in [1.29, 1.82) is 0 Å². The summed E-state index contributed by atoms with van der Waals surface area (Å²) in [6, 6.07) is 10.9. The Kier molecular flexibility index (Phi) is 15.7. The van der Waals surface area contributed by atoms with Crippen LogP contribution in [0, 0.1) is 0 Å². The maximum absolute atomic E-state index is 2.28. The Morgan fingerprint density at radius 3 is 1.63 bits per heavy atom. The summed E-state index contributed by atoms with van der Waals surface area (Å²) in [7, 11) is 0. The third-order valence-corrected chi connectivity index (χ3v) is 3.66. The Balaban J connectivity index is 0.00000324. The minimum absolute atomic E-state index is 0. The Morgan fingerprint density at radius 1 is 0.632 bits per heavy atom. The van der Waals surface area contributed by atoms with Crippen LogP contribution < -0.4 is 0 Å². The van der Waals surface area contributed by atoms with Gasteiger partial charge in [-0.1, -0.05) is 95.0 Å². The van der Waals surface area contributed by atoms with Crippen molar-refractivity contribution in [3.63, 3.8) is 0 Å². The van der Waals surface area contributed by atoms with E-state index in [1.165, 1.54) is 76.2 Å². The zero-order valence-electron chi connectivity index (χ0n) is 12.2. The van der Waals surface area contributed by atoms with E-state index in [0.29, 0.717) is 0 Å². The van der Waals surface area contributed by atoms with Gasteiger partial charge in [0.15, 0.2) is 0 Å². The van der Waals surface area contributed by atoms with E-state index in [1.54, 1.807) is 0 Å². The molecule has 0 spiro atoms. The normalized spacial score (nSPS) is 10.2. The summed E-state index contributed by atoms with van der Waals surface area (Å²) < 4.78 is 0. The van der Waals surface area contributed by atoms with Gasteiger partial charge in [0, 0.05) is 0 Å². The molecule has 1 aromatic rings. The third-order valence-electron chi connectivity index (χ3n) is 3.66. The summed E-state index contributed by atoms with van der Waals surface area (Å²) in [5.74, 6) is 0. The molecule has 0 bridgehead atoms. The fourth-order valence-corrected chi connectivity index (χ4v) is 2.46. The summed E-state index contributed by atoms with van der Waals surface area (Å²) in [4.78, 5) is 0. The van der Waals surface area contributed by atoms with Crippen LogP contribution in [0.4, 0.5) is 0 Å². The van der Waals surface area contributed by atoms with E-state index in [2.05, 4.69) is 37.3 Å². The molecule has 0 aliphatic carbocycles. The molecule has 19 heavy (non-hydrogen) atoms. The number of hydrogen-bond acceptors (Lipinski definition) is 0. The van der Waals surface area contributed by atoms with Crippen LogP contribution in [0.3, 0.4) is 0 Å². The number of hydrogen-bond donors (Lipinski definition) is 0. The molecule has 0 amide bonds. The average molecular weight is 336 g/mol. The van der Waals surface area contributed by atoms with E-state index in [4.69, 9.17) is 0 Å². The summed E-state index contributed by atoms with van der Waals surface area (Å²) >= 11 is 0. The zero-order chi connectivity index (χ0) is 12.9. The van der Waals surface area contributed by atoms with Crippen molar-refractivity contribution >= 4 is 45.5 Å². The first kappa shape index (κ1) is 19.7. The van der Waals surface area contributed by atoms with Gasteiger partial charge in [-0.2, -0.15) is 0 Å². The molecular weight excluding hydrogens is 304 g/mol. The van der Waals surface area contributed by atoms with Gasteiger partial charge in [0.1, 0.15) is 0 Å². The Morgan fingerprint density at radius 2 is 1.11 bits per heavy atom. The standard InChI is InChI=1S/C18H30.Sr.2H/c1-2-3-4-5-6-7-8-9-10-12-15-18-16-13-11-14-17-18;;;/h11,13-14,16-17H,2-10,12,15H2,1H3;;;. The van der Waals surface area contributed by atoms with E-state index < -0.39 is 0 Å². The molecule has 0 N–H and O–H groups in total. The van der Waals surface area contributed by atoms with Crippen molar-refractivity contribution < 1.29 is 0 Å². The van der Waals surface area contributed by atoms with Gasteiger partial charge in [-0.15, -0.1) is 0 Å². The van der Waals surface area contributed by atoms with Crippen molar-refractivity contribution in [2.45, 2.75) is 77.6 Å². The van der Waals surface area contributed by atoms with E-state index in [1.807, 2.05) is 0 Å². The summed E-state index contributed by atoms with van der Waals surface area (Å²) in [6.45, 7) is 2.28. The van der Waals surface area contributed by atoms with Crippen LogP contribution in [-0.4, -0.2) is 45.5 Å². The van der Waals surface area contributed by atoms with Crippen molar-refractivity contribution in [3.05, 3.63) is 35.9 Å². The summed E-state index contributed by atoms with van der Waals surface area (Å²) in [5, 5.41) is 0. The van der Waals surface area contributed by atoms with Crippen LogP contribution in [0.1, 0.15) is 76.7 Å². The molecule has 0 aromatic heterocycles. The molecule has 0 aliphatic rings. The van der Waals surface area contributed by atoms with Gasteiger partial charge in [-0.25, -0.2) is 0 Å². The topological polar surface area (TPSA) is 0 Å². The third kappa shape index (κ3) is 12.2. The van der Waals surface area contributed by atoms with Gasteiger partial charge < -0.3 is 0 Å². The first-order valence-electron chi connectivity index (χ1n) is 7.97. The van der Waals surface area contributed by atoms with Crippen LogP contribution in [0.2, 0.25) is 0 Å². The molecule has 0 heterocycles. The molecule has 0 nitrogen and oxygen atoms in total. The molecule has 0 radical (unpaired) electrons. The van der Waals surface area contributed by atoms with Gasteiger partial charge in [-0.3, -0.25) is 0 Å². The van der Waals surface area contributed by atoms with Crippen molar-refractivity contribution in [3.8, 4) is 0 Å². The average Bonchev–Trinajstić information content (AvgIpc) is 2.42. The van der Waals surface area contributed by atoms with Crippen molar-refractivity contribution in [2.24, 2.45) is 0 Å². The van der Waals surface area contributed by atoms with E-state index in [0.717, 1.165) is 0 Å². The second-order valence-corrected chi connectivity index (χ2v) is 5.42. The Bertz CT molecular complexity index is 268. The molecule has 1 aromatic carbocycles. The minimum atomic E-state index is 0. The van der Waals surface area contributed by atoms with Gasteiger partial charge in [-0.05, 0) is 18.4 Å². The SMILES string of the molecule is CCCCCCCCCCCCc1ccccc1.[SrH2]. The van der Waals surface area contributed by atoms with Gasteiger partial charge >= 0.3 is 45.5 Å². The second kappa shape index (κ2) is 15.1. The van der Waals surface area contributed by atoms with Crippen LogP contribution in [-0.2, 0) is 6.42 Å². The molecule has 1 heteroatoms. The zero-order valence-corrected chi connectivity index (χ0v) is 12.2.